The van der Waals surface area contributed by atoms with E-state index in [9.17, 15) is 5.11 Å². The molecular weight excluding hydrogens is 298 g/mol. The maximum absolute atomic E-state index is 11.7. The monoisotopic (exact) mass is 323 g/mol. The van der Waals surface area contributed by atoms with Gasteiger partial charge in [-0.05, 0) is 43.5 Å². The summed E-state index contributed by atoms with van der Waals surface area (Å²) in [5.74, 6) is 0.504. The van der Waals surface area contributed by atoms with Gasteiger partial charge in [0.25, 0.3) is 0 Å². The van der Waals surface area contributed by atoms with Crippen LogP contribution in [0.5, 0.6) is 0 Å². The lowest BCUT2D eigenvalue weighted by atomic mass is 9.63. The Labute approximate surface area is 143 Å². The zero-order valence-corrected chi connectivity index (χ0v) is 14.2. The van der Waals surface area contributed by atoms with Gasteiger partial charge in [-0.25, -0.2) is 0 Å². The van der Waals surface area contributed by atoms with Crippen molar-refractivity contribution in [2.45, 2.75) is 38.3 Å². The number of pyridine rings is 2. The topological polar surface area (TPSA) is 49.3 Å². The third kappa shape index (κ3) is 2.64. The Kier molecular flexibility index (Phi) is 4.10. The predicted molar refractivity (Wildman–Crippen MR) is 93.2 cm³/mol. The predicted octanol–water partition coefficient (Wildman–Crippen LogP) is 2.90. The maximum Gasteiger partial charge on any atom is 0.115 e. The first kappa shape index (κ1) is 15.7. The van der Waals surface area contributed by atoms with Gasteiger partial charge in [-0.15, -0.1) is 0 Å². The van der Waals surface area contributed by atoms with Gasteiger partial charge in [0, 0.05) is 43.9 Å². The van der Waals surface area contributed by atoms with Crippen LogP contribution in [-0.4, -0.2) is 33.1 Å². The van der Waals surface area contributed by atoms with Gasteiger partial charge in [0.05, 0.1) is 11.4 Å². The van der Waals surface area contributed by atoms with Crippen molar-refractivity contribution >= 4 is 0 Å². The molecule has 1 N–H and O–H groups in total. The minimum Gasteiger partial charge on any atom is -0.383 e. The van der Waals surface area contributed by atoms with Gasteiger partial charge < -0.3 is 5.11 Å². The molecule has 3 atom stereocenters. The van der Waals surface area contributed by atoms with E-state index in [0.717, 1.165) is 49.4 Å². The molecule has 1 aliphatic carbocycles. The summed E-state index contributed by atoms with van der Waals surface area (Å²) in [5.41, 5.74) is 2.34. The van der Waals surface area contributed by atoms with Crippen molar-refractivity contribution in [1.82, 2.24) is 14.9 Å². The highest BCUT2D eigenvalue weighted by atomic mass is 16.3. The molecule has 1 saturated heterocycles. The van der Waals surface area contributed by atoms with Crippen molar-refractivity contribution in [3.8, 4) is 0 Å². The van der Waals surface area contributed by atoms with Gasteiger partial charge in [0.15, 0.2) is 0 Å². The summed E-state index contributed by atoms with van der Waals surface area (Å²) in [4.78, 5) is 11.5. The van der Waals surface area contributed by atoms with Gasteiger partial charge in [-0.1, -0.05) is 18.6 Å². The first-order valence-electron chi connectivity index (χ1n) is 8.94. The summed E-state index contributed by atoms with van der Waals surface area (Å²) < 4.78 is 0. The SMILES string of the molecule is Cc1cccnc1C1(O)[C@@H]2CCC[C@H]1CN(Cc1ccccn1)C2. The van der Waals surface area contributed by atoms with E-state index in [4.69, 9.17) is 0 Å². The van der Waals surface area contributed by atoms with Gasteiger partial charge in [0.1, 0.15) is 5.60 Å². The fourth-order valence-electron chi connectivity index (χ4n) is 4.68. The van der Waals surface area contributed by atoms with Crippen LogP contribution in [-0.2, 0) is 12.1 Å². The van der Waals surface area contributed by atoms with Crippen LogP contribution in [0.4, 0.5) is 0 Å². The molecule has 1 aliphatic heterocycles. The van der Waals surface area contributed by atoms with Gasteiger partial charge in [-0.3, -0.25) is 14.9 Å². The number of aromatic nitrogens is 2. The molecule has 3 heterocycles. The number of hydrogen-bond donors (Lipinski definition) is 1. The Morgan fingerprint density at radius 2 is 1.83 bits per heavy atom. The Morgan fingerprint density at radius 3 is 2.50 bits per heavy atom. The van der Waals surface area contributed by atoms with Crippen LogP contribution < -0.4 is 0 Å². The molecule has 0 amide bonds. The molecule has 0 aromatic carbocycles. The lowest BCUT2D eigenvalue weighted by molar-refractivity contribution is -0.151. The Morgan fingerprint density at radius 1 is 1.08 bits per heavy atom. The van der Waals surface area contributed by atoms with Crippen molar-refractivity contribution in [2.75, 3.05) is 13.1 Å². The zero-order chi connectivity index (χ0) is 16.6. The minimum atomic E-state index is -0.774. The average Bonchev–Trinajstić information content (AvgIpc) is 2.57. The first-order valence-corrected chi connectivity index (χ1v) is 8.94. The highest BCUT2D eigenvalue weighted by molar-refractivity contribution is 5.28. The summed E-state index contributed by atoms with van der Waals surface area (Å²) in [6.07, 6.45) is 7.02. The number of fused-ring (bicyclic) bond motifs is 2. The summed E-state index contributed by atoms with van der Waals surface area (Å²) in [6.45, 7) is 4.76. The number of aliphatic hydroxyl groups is 1. The number of piperidine rings is 1. The Balaban J connectivity index is 1.60. The lowest BCUT2D eigenvalue weighted by Gasteiger charge is -2.53. The van der Waals surface area contributed by atoms with E-state index >= 15 is 0 Å². The molecule has 24 heavy (non-hydrogen) atoms. The van der Waals surface area contributed by atoms with E-state index in [2.05, 4.69) is 33.9 Å². The van der Waals surface area contributed by atoms with Gasteiger partial charge in [0.2, 0.25) is 0 Å². The van der Waals surface area contributed by atoms with Crippen LogP contribution in [0.25, 0.3) is 0 Å². The second-order valence-electron chi connectivity index (χ2n) is 7.33. The van der Waals surface area contributed by atoms with Crippen LogP contribution >= 0.6 is 0 Å². The van der Waals surface area contributed by atoms with Crippen molar-refractivity contribution < 1.29 is 5.11 Å². The molecule has 126 valence electrons. The van der Waals surface area contributed by atoms with Gasteiger partial charge in [-0.2, -0.15) is 0 Å². The number of aryl methyl sites for hydroxylation is 1. The molecule has 0 radical (unpaired) electrons. The van der Waals surface area contributed by atoms with Gasteiger partial charge >= 0.3 is 0 Å². The summed E-state index contributed by atoms with van der Waals surface area (Å²) in [6, 6.07) is 10.1. The Hall–Kier alpha value is -1.78. The third-order valence-corrected chi connectivity index (χ3v) is 5.81. The van der Waals surface area contributed by atoms with E-state index in [0.29, 0.717) is 0 Å². The molecule has 4 nitrogen and oxygen atoms in total. The molecule has 4 rings (SSSR count). The number of hydrogen-bond acceptors (Lipinski definition) is 4. The highest BCUT2D eigenvalue weighted by Crippen LogP contribution is 2.49. The fraction of sp³-hybridized carbons (Fsp3) is 0.500. The minimum absolute atomic E-state index is 0.252. The number of nitrogens with zero attached hydrogens (tertiary/aromatic N) is 3. The number of likely N-dealkylation sites (tertiary alicyclic amines) is 1. The third-order valence-electron chi connectivity index (χ3n) is 5.81. The summed E-state index contributed by atoms with van der Waals surface area (Å²) in [7, 11) is 0. The first-order chi connectivity index (χ1) is 11.7. The maximum atomic E-state index is 11.7. The van der Waals surface area contributed by atoms with Crippen molar-refractivity contribution in [2.24, 2.45) is 11.8 Å². The van der Waals surface area contributed by atoms with Crippen molar-refractivity contribution in [3.63, 3.8) is 0 Å². The molecule has 2 bridgehead atoms. The molecular formula is C20H25N3O. The van der Waals surface area contributed by atoms with Crippen LogP contribution in [0.2, 0.25) is 0 Å². The molecule has 1 unspecified atom stereocenters. The van der Waals surface area contributed by atoms with Crippen LogP contribution in [0.3, 0.4) is 0 Å². The molecule has 2 aliphatic rings. The molecule has 4 heteroatoms. The van der Waals surface area contributed by atoms with Crippen molar-refractivity contribution in [1.29, 1.82) is 0 Å². The zero-order valence-electron chi connectivity index (χ0n) is 14.2. The van der Waals surface area contributed by atoms with E-state index in [1.807, 2.05) is 30.6 Å². The molecule has 2 fully saturated rings. The van der Waals surface area contributed by atoms with Crippen LogP contribution in [0.1, 0.15) is 36.2 Å². The lowest BCUT2D eigenvalue weighted by Crippen LogP contribution is -2.58. The second-order valence-corrected chi connectivity index (χ2v) is 7.33. The van der Waals surface area contributed by atoms with E-state index in [-0.39, 0.29) is 11.8 Å². The Bertz CT molecular complexity index is 689. The second kappa shape index (κ2) is 6.26. The fourth-order valence-corrected chi connectivity index (χ4v) is 4.68. The van der Waals surface area contributed by atoms with Crippen LogP contribution in [0.15, 0.2) is 42.7 Å². The smallest absolute Gasteiger partial charge is 0.115 e. The molecule has 2 aromatic rings. The summed E-state index contributed by atoms with van der Waals surface area (Å²) in [5, 5.41) is 11.7. The number of rotatable bonds is 3. The van der Waals surface area contributed by atoms with E-state index < -0.39 is 5.60 Å². The van der Waals surface area contributed by atoms with E-state index in [1.54, 1.807) is 0 Å². The molecule has 0 spiro atoms. The van der Waals surface area contributed by atoms with Crippen molar-refractivity contribution in [3.05, 3.63) is 59.7 Å². The molecule has 2 aromatic heterocycles. The van der Waals surface area contributed by atoms with Crippen LogP contribution in [0, 0.1) is 18.8 Å². The highest BCUT2D eigenvalue weighted by Gasteiger charge is 2.52. The average molecular weight is 323 g/mol. The quantitative estimate of drug-likeness (QED) is 0.943. The largest absolute Gasteiger partial charge is 0.383 e. The normalized spacial score (nSPS) is 30.2. The standard InChI is InChI=1S/C20H25N3O/c1-15-6-5-11-22-19(15)20(24)16-7-4-8-17(20)13-23(12-16)14-18-9-2-3-10-21-18/h2-3,5-6,9-11,16-17,24H,4,7-8,12-14H2,1H3/t16-,17+,20?. The van der Waals surface area contributed by atoms with E-state index in [1.165, 1.54) is 6.42 Å². The molecule has 1 saturated carbocycles. The summed E-state index contributed by atoms with van der Waals surface area (Å²) >= 11 is 0.